The number of rotatable bonds is 2. The van der Waals surface area contributed by atoms with Gasteiger partial charge >= 0.3 is 0 Å². The maximum absolute atomic E-state index is 6.05. The SMILES string of the molecule is Cc1cc2c(C3CC(CN)CN3C)c3oc(C)cc3cc2o1. The lowest BCUT2D eigenvalue weighted by Gasteiger charge is -2.20. The van der Waals surface area contributed by atoms with Crippen LogP contribution in [0.1, 0.15) is 29.5 Å². The topological polar surface area (TPSA) is 55.5 Å². The van der Waals surface area contributed by atoms with Crippen LogP contribution in [0.25, 0.3) is 21.9 Å². The summed E-state index contributed by atoms with van der Waals surface area (Å²) in [5.74, 6) is 2.43. The third-order valence-electron chi connectivity index (χ3n) is 4.89. The predicted molar refractivity (Wildman–Crippen MR) is 88.0 cm³/mol. The highest BCUT2D eigenvalue weighted by atomic mass is 16.3. The van der Waals surface area contributed by atoms with Crippen LogP contribution in [0.5, 0.6) is 0 Å². The Labute approximate surface area is 129 Å². The molecular formula is C18H22N2O2. The Kier molecular flexibility index (Phi) is 3.06. The Morgan fingerprint density at radius 3 is 2.68 bits per heavy atom. The summed E-state index contributed by atoms with van der Waals surface area (Å²) in [6, 6.07) is 6.65. The number of nitrogens with two attached hydrogens (primary N) is 1. The van der Waals surface area contributed by atoms with Crippen molar-refractivity contribution >= 4 is 21.9 Å². The van der Waals surface area contributed by atoms with Crippen LogP contribution in [-0.2, 0) is 0 Å². The molecule has 4 heteroatoms. The van der Waals surface area contributed by atoms with Crippen LogP contribution in [0.3, 0.4) is 0 Å². The molecule has 1 aliphatic rings. The first-order chi connectivity index (χ1) is 10.6. The molecule has 2 unspecified atom stereocenters. The van der Waals surface area contributed by atoms with Crippen molar-refractivity contribution in [2.75, 3.05) is 20.1 Å². The first-order valence-electron chi connectivity index (χ1n) is 7.90. The molecule has 0 amide bonds. The molecule has 0 spiro atoms. The fraction of sp³-hybridized carbons (Fsp3) is 0.444. The van der Waals surface area contributed by atoms with Crippen LogP contribution >= 0.6 is 0 Å². The Balaban J connectivity index is 1.99. The zero-order chi connectivity index (χ0) is 15.4. The molecular weight excluding hydrogens is 276 g/mol. The standard InChI is InChI=1S/C18H22N2O2/c1-10-4-13-7-16-14(5-11(2)21-16)17(18(13)22-10)15-6-12(8-19)9-20(15)3/h4-5,7,12,15H,6,8-9,19H2,1-3H3. The van der Waals surface area contributed by atoms with Crippen LogP contribution in [-0.4, -0.2) is 25.0 Å². The lowest BCUT2D eigenvalue weighted by molar-refractivity contribution is 0.314. The number of benzene rings is 1. The van der Waals surface area contributed by atoms with Crippen LogP contribution in [0.4, 0.5) is 0 Å². The van der Waals surface area contributed by atoms with Gasteiger partial charge in [-0.15, -0.1) is 0 Å². The molecule has 1 fully saturated rings. The van der Waals surface area contributed by atoms with E-state index in [1.807, 2.05) is 13.8 Å². The van der Waals surface area contributed by atoms with Crippen LogP contribution in [0, 0.1) is 19.8 Å². The molecule has 4 rings (SSSR count). The monoisotopic (exact) mass is 298 g/mol. The minimum Gasteiger partial charge on any atom is -0.461 e. The van der Waals surface area contributed by atoms with Crippen molar-refractivity contribution in [3.8, 4) is 0 Å². The summed E-state index contributed by atoms with van der Waals surface area (Å²) < 4.78 is 11.9. The molecule has 1 aliphatic heterocycles. The number of hydrogen-bond acceptors (Lipinski definition) is 4. The van der Waals surface area contributed by atoms with Crippen molar-refractivity contribution in [3.63, 3.8) is 0 Å². The second-order valence-electron chi connectivity index (χ2n) is 6.63. The number of fused-ring (bicyclic) bond motifs is 2. The zero-order valence-electron chi connectivity index (χ0n) is 13.3. The lowest BCUT2D eigenvalue weighted by Crippen LogP contribution is -2.20. The second kappa shape index (κ2) is 4.86. The molecule has 0 aliphatic carbocycles. The highest BCUT2D eigenvalue weighted by Gasteiger charge is 2.33. The van der Waals surface area contributed by atoms with E-state index in [0.29, 0.717) is 12.0 Å². The van der Waals surface area contributed by atoms with E-state index in [2.05, 4.69) is 30.1 Å². The van der Waals surface area contributed by atoms with Gasteiger partial charge in [0.1, 0.15) is 22.7 Å². The summed E-state index contributed by atoms with van der Waals surface area (Å²) in [5, 5.41) is 2.30. The van der Waals surface area contributed by atoms with Gasteiger partial charge in [0.25, 0.3) is 0 Å². The first-order valence-corrected chi connectivity index (χ1v) is 7.90. The number of likely N-dealkylation sites (tertiary alicyclic amines) is 1. The molecule has 2 N–H and O–H groups in total. The molecule has 3 heterocycles. The number of aryl methyl sites for hydroxylation is 2. The Hall–Kier alpha value is -1.78. The second-order valence-corrected chi connectivity index (χ2v) is 6.63. The molecule has 3 aromatic rings. The van der Waals surface area contributed by atoms with Gasteiger partial charge in [-0.1, -0.05) is 0 Å². The molecule has 0 saturated carbocycles. The van der Waals surface area contributed by atoms with E-state index in [1.54, 1.807) is 0 Å². The molecule has 0 bridgehead atoms. The fourth-order valence-corrected chi connectivity index (χ4v) is 3.91. The predicted octanol–water partition coefficient (Wildman–Crippen LogP) is 3.75. The minimum absolute atomic E-state index is 0.335. The molecule has 2 atom stereocenters. The highest BCUT2D eigenvalue weighted by Crippen LogP contribution is 2.42. The van der Waals surface area contributed by atoms with E-state index in [-0.39, 0.29) is 0 Å². The molecule has 1 aromatic carbocycles. The first kappa shape index (κ1) is 13.9. The Morgan fingerprint density at radius 2 is 1.95 bits per heavy atom. The number of nitrogens with zero attached hydrogens (tertiary/aromatic N) is 1. The lowest BCUT2D eigenvalue weighted by atomic mass is 9.95. The molecule has 116 valence electrons. The minimum atomic E-state index is 0.335. The third-order valence-corrected chi connectivity index (χ3v) is 4.89. The van der Waals surface area contributed by atoms with Crippen LogP contribution < -0.4 is 5.73 Å². The van der Waals surface area contributed by atoms with Crippen molar-refractivity contribution < 1.29 is 8.83 Å². The normalized spacial score (nSPS) is 23.1. The van der Waals surface area contributed by atoms with Crippen LogP contribution in [0.2, 0.25) is 0 Å². The van der Waals surface area contributed by atoms with Gasteiger partial charge in [-0.2, -0.15) is 0 Å². The van der Waals surface area contributed by atoms with Crippen molar-refractivity contribution in [2.24, 2.45) is 11.7 Å². The Morgan fingerprint density at radius 1 is 1.18 bits per heavy atom. The van der Waals surface area contributed by atoms with E-state index >= 15 is 0 Å². The molecule has 22 heavy (non-hydrogen) atoms. The summed E-state index contributed by atoms with van der Waals surface area (Å²) >= 11 is 0. The van der Waals surface area contributed by atoms with Gasteiger partial charge in [0.2, 0.25) is 0 Å². The van der Waals surface area contributed by atoms with E-state index < -0.39 is 0 Å². The third kappa shape index (κ3) is 1.98. The van der Waals surface area contributed by atoms with Gasteiger partial charge in [0.15, 0.2) is 0 Å². The van der Waals surface area contributed by atoms with Crippen molar-refractivity contribution in [1.82, 2.24) is 4.90 Å². The molecule has 1 saturated heterocycles. The quantitative estimate of drug-likeness (QED) is 0.783. The Bertz CT molecular complexity index is 791. The maximum Gasteiger partial charge on any atom is 0.139 e. The summed E-state index contributed by atoms with van der Waals surface area (Å²) in [4.78, 5) is 2.39. The van der Waals surface area contributed by atoms with Crippen molar-refractivity contribution in [1.29, 1.82) is 0 Å². The summed E-state index contributed by atoms with van der Waals surface area (Å²) in [5.41, 5.74) is 9.11. The number of furan rings is 2. The van der Waals surface area contributed by atoms with E-state index in [4.69, 9.17) is 14.6 Å². The van der Waals surface area contributed by atoms with Gasteiger partial charge < -0.3 is 14.6 Å². The van der Waals surface area contributed by atoms with Crippen molar-refractivity contribution in [2.45, 2.75) is 26.3 Å². The van der Waals surface area contributed by atoms with Gasteiger partial charge in [-0.25, -0.2) is 0 Å². The van der Waals surface area contributed by atoms with E-state index in [9.17, 15) is 0 Å². The summed E-state index contributed by atoms with van der Waals surface area (Å²) in [6.07, 6.45) is 1.07. The van der Waals surface area contributed by atoms with E-state index in [1.165, 1.54) is 10.9 Å². The zero-order valence-corrected chi connectivity index (χ0v) is 13.3. The molecule has 2 aromatic heterocycles. The van der Waals surface area contributed by atoms with Crippen molar-refractivity contribution in [3.05, 3.63) is 35.3 Å². The smallest absolute Gasteiger partial charge is 0.139 e. The average Bonchev–Trinajstić information content (AvgIpc) is 3.11. The van der Waals surface area contributed by atoms with E-state index in [0.717, 1.165) is 47.6 Å². The summed E-state index contributed by atoms with van der Waals surface area (Å²) in [7, 11) is 2.17. The number of hydrogen-bond donors (Lipinski definition) is 1. The van der Waals surface area contributed by atoms with Gasteiger partial charge in [0.05, 0.1) is 0 Å². The van der Waals surface area contributed by atoms with Gasteiger partial charge in [-0.05, 0) is 58.0 Å². The highest BCUT2D eigenvalue weighted by molar-refractivity contribution is 5.98. The van der Waals surface area contributed by atoms with Gasteiger partial charge in [-0.3, -0.25) is 4.90 Å². The molecule has 4 nitrogen and oxygen atoms in total. The fourth-order valence-electron chi connectivity index (χ4n) is 3.91. The summed E-state index contributed by atoms with van der Waals surface area (Å²) in [6.45, 7) is 5.77. The van der Waals surface area contributed by atoms with Gasteiger partial charge in [0, 0.05) is 28.9 Å². The molecule has 0 radical (unpaired) electrons. The largest absolute Gasteiger partial charge is 0.461 e. The maximum atomic E-state index is 6.05. The average molecular weight is 298 g/mol. The van der Waals surface area contributed by atoms with Crippen LogP contribution in [0.15, 0.2) is 27.0 Å².